The van der Waals surface area contributed by atoms with Crippen molar-refractivity contribution in [2.75, 3.05) is 13.2 Å². The van der Waals surface area contributed by atoms with Crippen molar-refractivity contribution in [3.8, 4) is 22.9 Å². The minimum Gasteiger partial charge on any atom is -0.492 e. The summed E-state index contributed by atoms with van der Waals surface area (Å²) in [5.41, 5.74) is 2.42. The van der Waals surface area contributed by atoms with E-state index in [2.05, 4.69) is 11.4 Å². The maximum Gasteiger partial charge on any atom is 0.252 e. The Morgan fingerprint density at radius 1 is 0.963 bits per heavy atom. The van der Waals surface area contributed by atoms with Crippen molar-refractivity contribution in [1.82, 2.24) is 5.32 Å². The highest BCUT2D eigenvalue weighted by molar-refractivity contribution is 6.01. The third-order valence-electron chi connectivity index (χ3n) is 3.98. The Labute approximate surface area is 156 Å². The van der Waals surface area contributed by atoms with Gasteiger partial charge in [0.2, 0.25) is 0 Å². The Balaban J connectivity index is 1.67. The van der Waals surface area contributed by atoms with Gasteiger partial charge in [-0.25, -0.2) is 4.39 Å². The van der Waals surface area contributed by atoms with E-state index in [4.69, 9.17) is 4.74 Å². The average molecular weight is 360 g/mol. The lowest BCUT2D eigenvalue weighted by atomic mass is 9.95. The van der Waals surface area contributed by atoms with Crippen LogP contribution in [0.1, 0.15) is 15.9 Å². The molecule has 4 nitrogen and oxygen atoms in total. The van der Waals surface area contributed by atoms with Gasteiger partial charge in [-0.2, -0.15) is 5.26 Å². The van der Waals surface area contributed by atoms with E-state index < -0.39 is 0 Å². The van der Waals surface area contributed by atoms with Gasteiger partial charge in [-0.05, 0) is 42.0 Å². The van der Waals surface area contributed by atoms with E-state index in [-0.39, 0.29) is 18.3 Å². The quantitative estimate of drug-likeness (QED) is 0.671. The van der Waals surface area contributed by atoms with E-state index in [0.29, 0.717) is 34.5 Å². The topological polar surface area (TPSA) is 62.1 Å². The largest absolute Gasteiger partial charge is 0.492 e. The number of ether oxygens (including phenoxy) is 1. The third-order valence-corrected chi connectivity index (χ3v) is 3.98. The van der Waals surface area contributed by atoms with E-state index in [1.165, 1.54) is 24.3 Å². The molecule has 0 aliphatic heterocycles. The van der Waals surface area contributed by atoms with Gasteiger partial charge in [-0.3, -0.25) is 4.79 Å². The Morgan fingerprint density at radius 2 is 1.63 bits per heavy atom. The van der Waals surface area contributed by atoms with Crippen LogP contribution in [0.2, 0.25) is 0 Å². The first-order valence-corrected chi connectivity index (χ1v) is 8.44. The van der Waals surface area contributed by atoms with Crippen molar-refractivity contribution in [2.45, 2.75) is 0 Å². The number of halogens is 1. The van der Waals surface area contributed by atoms with Crippen LogP contribution in [0.5, 0.6) is 5.75 Å². The summed E-state index contributed by atoms with van der Waals surface area (Å²) in [4.78, 5) is 12.6. The standard InChI is InChI=1S/C22H17FN2O2/c23-17-9-11-18(12-10-17)27-14-13-25-22(26)21-8-4-3-7-20(21)19-6-2-1-5-16(19)15-24/h1-12H,13-14H2,(H,25,26). The first kappa shape index (κ1) is 18.2. The maximum absolute atomic E-state index is 12.9. The predicted octanol–water partition coefficient (Wildman–Crippen LogP) is 4.17. The van der Waals surface area contributed by atoms with Crippen LogP contribution in [0.4, 0.5) is 4.39 Å². The SMILES string of the molecule is N#Cc1ccccc1-c1ccccc1C(=O)NCCOc1ccc(F)cc1. The number of benzene rings is 3. The van der Waals surface area contributed by atoms with Crippen LogP contribution in [-0.2, 0) is 0 Å². The Kier molecular flexibility index (Phi) is 5.80. The number of carbonyl (C=O) groups excluding carboxylic acids is 1. The highest BCUT2D eigenvalue weighted by Crippen LogP contribution is 2.26. The van der Waals surface area contributed by atoms with E-state index in [1.807, 2.05) is 24.3 Å². The predicted molar refractivity (Wildman–Crippen MR) is 101 cm³/mol. The second kappa shape index (κ2) is 8.63. The number of carbonyl (C=O) groups is 1. The van der Waals surface area contributed by atoms with Gasteiger partial charge in [0.15, 0.2) is 0 Å². The van der Waals surface area contributed by atoms with Crippen LogP contribution < -0.4 is 10.1 Å². The maximum atomic E-state index is 12.9. The molecule has 134 valence electrons. The van der Waals surface area contributed by atoms with Crippen molar-refractivity contribution in [3.63, 3.8) is 0 Å². The fourth-order valence-corrected chi connectivity index (χ4v) is 2.69. The molecule has 0 radical (unpaired) electrons. The lowest BCUT2D eigenvalue weighted by molar-refractivity contribution is 0.0947. The van der Waals surface area contributed by atoms with Crippen molar-refractivity contribution < 1.29 is 13.9 Å². The molecule has 0 fully saturated rings. The molecule has 1 amide bonds. The summed E-state index contributed by atoms with van der Waals surface area (Å²) >= 11 is 0. The van der Waals surface area contributed by atoms with Crippen molar-refractivity contribution >= 4 is 5.91 Å². The number of nitriles is 1. The number of hydrogen-bond donors (Lipinski definition) is 1. The van der Waals surface area contributed by atoms with Crippen LogP contribution >= 0.6 is 0 Å². The summed E-state index contributed by atoms with van der Waals surface area (Å²) in [7, 11) is 0. The highest BCUT2D eigenvalue weighted by Gasteiger charge is 2.14. The molecule has 5 heteroatoms. The number of amides is 1. The summed E-state index contributed by atoms with van der Waals surface area (Å²) in [6.07, 6.45) is 0. The Morgan fingerprint density at radius 3 is 2.37 bits per heavy atom. The van der Waals surface area contributed by atoms with Crippen LogP contribution in [0, 0.1) is 17.1 Å². The molecule has 0 saturated carbocycles. The zero-order valence-electron chi connectivity index (χ0n) is 14.5. The van der Waals surface area contributed by atoms with Gasteiger partial charge < -0.3 is 10.1 Å². The zero-order chi connectivity index (χ0) is 19.1. The zero-order valence-corrected chi connectivity index (χ0v) is 14.5. The van der Waals surface area contributed by atoms with Gasteiger partial charge in [0.1, 0.15) is 18.2 Å². The molecule has 0 aliphatic carbocycles. The van der Waals surface area contributed by atoms with Gasteiger partial charge in [-0.15, -0.1) is 0 Å². The lowest BCUT2D eigenvalue weighted by Gasteiger charge is -2.12. The average Bonchev–Trinajstić information content (AvgIpc) is 2.72. The summed E-state index contributed by atoms with van der Waals surface area (Å²) in [6.45, 7) is 0.554. The molecule has 27 heavy (non-hydrogen) atoms. The molecule has 0 heterocycles. The lowest BCUT2D eigenvalue weighted by Crippen LogP contribution is -2.28. The molecule has 3 aromatic rings. The molecule has 3 aromatic carbocycles. The second-order valence-corrected chi connectivity index (χ2v) is 5.76. The van der Waals surface area contributed by atoms with Gasteiger partial charge in [0.05, 0.1) is 18.2 Å². The minimum atomic E-state index is -0.329. The first-order valence-electron chi connectivity index (χ1n) is 8.44. The molecule has 0 spiro atoms. The molecule has 0 aliphatic rings. The van der Waals surface area contributed by atoms with E-state index in [0.717, 1.165) is 0 Å². The number of hydrogen-bond acceptors (Lipinski definition) is 3. The molecule has 0 unspecified atom stereocenters. The van der Waals surface area contributed by atoms with Gasteiger partial charge in [0, 0.05) is 11.1 Å². The molecule has 0 aromatic heterocycles. The number of rotatable bonds is 6. The van der Waals surface area contributed by atoms with Gasteiger partial charge in [0.25, 0.3) is 5.91 Å². The summed E-state index contributed by atoms with van der Waals surface area (Å²) in [6, 6.07) is 22.2. The Hall–Kier alpha value is -3.65. The smallest absolute Gasteiger partial charge is 0.252 e. The van der Waals surface area contributed by atoms with E-state index in [1.54, 1.807) is 24.3 Å². The van der Waals surface area contributed by atoms with Crippen molar-refractivity contribution in [3.05, 3.63) is 89.7 Å². The summed E-state index contributed by atoms with van der Waals surface area (Å²) in [5, 5.41) is 12.1. The van der Waals surface area contributed by atoms with Crippen LogP contribution in [0.15, 0.2) is 72.8 Å². The molecular formula is C22H17FN2O2. The van der Waals surface area contributed by atoms with Crippen LogP contribution in [-0.4, -0.2) is 19.1 Å². The monoisotopic (exact) mass is 360 g/mol. The summed E-state index contributed by atoms with van der Waals surface area (Å²) in [5.74, 6) is -0.0417. The van der Waals surface area contributed by atoms with E-state index in [9.17, 15) is 14.4 Å². The van der Waals surface area contributed by atoms with E-state index >= 15 is 0 Å². The fraction of sp³-hybridized carbons (Fsp3) is 0.0909. The third kappa shape index (κ3) is 4.50. The van der Waals surface area contributed by atoms with Crippen LogP contribution in [0.25, 0.3) is 11.1 Å². The first-order chi connectivity index (χ1) is 13.2. The molecule has 1 N–H and O–H groups in total. The highest BCUT2D eigenvalue weighted by atomic mass is 19.1. The molecule has 0 saturated heterocycles. The fourth-order valence-electron chi connectivity index (χ4n) is 2.69. The van der Waals surface area contributed by atoms with Gasteiger partial charge >= 0.3 is 0 Å². The Bertz CT molecular complexity index is 978. The normalized spacial score (nSPS) is 10.1. The molecule has 0 bridgehead atoms. The molecule has 3 rings (SSSR count). The van der Waals surface area contributed by atoms with Crippen molar-refractivity contribution in [2.24, 2.45) is 0 Å². The molecular weight excluding hydrogens is 343 g/mol. The minimum absolute atomic E-state index is 0.249. The number of nitrogens with one attached hydrogen (secondary N) is 1. The summed E-state index contributed by atoms with van der Waals surface area (Å²) < 4.78 is 18.3. The molecule has 0 atom stereocenters. The van der Waals surface area contributed by atoms with Gasteiger partial charge in [-0.1, -0.05) is 36.4 Å². The van der Waals surface area contributed by atoms with Crippen molar-refractivity contribution in [1.29, 1.82) is 5.26 Å². The van der Waals surface area contributed by atoms with Crippen LogP contribution in [0.3, 0.4) is 0 Å². The second-order valence-electron chi connectivity index (χ2n) is 5.76. The number of nitrogens with zero attached hydrogens (tertiary/aromatic N) is 1.